The lowest BCUT2D eigenvalue weighted by molar-refractivity contribution is -0.229. The van der Waals surface area contributed by atoms with Crippen LogP contribution in [-0.2, 0) is 20.8 Å². The fourth-order valence-corrected chi connectivity index (χ4v) is 7.99. The van der Waals surface area contributed by atoms with E-state index in [4.69, 9.17) is 24.7 Å². The molecule has 0 spiro atoms. The van der Waals surface area contributed by atoms with E-state index in [9.17, 15) is 19.8 Å². The Kier molecular flexibility index (Phi) is 12.5. The summed E-state index contributed by atoms with van der Waals surface area (Å²) in [5, 5.41) is 21.9. The fraction of sp³-hybridized carbons (Fsp3) is 0.372. The lowest BCUT2D eigenvalue weighted by atomic mass is 10.0. The van der Waals surface area contributed by atoms with Crippen LogP contribution >= 0.6 is 0 Å². The second-order valence-electron chi connectivity index (χ2n) is 16.2. The minimum atomic E-state index is -0.680. The number of ether oxygens (including phenoxy) is 4. The molecule has 1 unspecified atom stereocenters. The van der Waals surface area contributed by atoms with Crippen molar-refractivity contribution in [2.24, 2.45) is 11.8 Å². The summed E-state index contributed by atoms with van der Waals surface area (Å²) in [4.78, 5) is 48.6. The van der Waals surface area contributed by atoms with E-state index in [0.717, 1.165) is 16.7 Å². The number of rotatable bonds is 8. The molecule has 7 atom stereocenters. The van der Waals surface area contributed by atoms with Crippen molar-refractivity contribution in [3.8, 4) is 5.88 Å². The van der Waals surface area contributed by atoms with Gasteiger partial charge >= 0.3 is 6.09 Å². The van der Waals surface area contributed by atoms with Crippen LogP contribution in [0, 0.1) is 11.8 Å². The first-order chi connectivity index (χ1) is 29.3. The molecular formula is C43H50N10O9. The zero-order chi connectivity index (χ0) is 43.0. The van der Waals surface area contributed by atoms with Gasteiger partial charge in [0.15, 0.2) is 28.6 Å². The standard InChI is InChI=1S/C31H33N5O5.C12H15N5O3.H2O/c1-19-22-17-39-28(21-13-9-6-10-14-21)40-24(22)15-23(19)36-18-32-25-26(36)33-29(35-30(37)41-31(2,3)4)34-27(25)38-16-20-11-7-5-8-12-20;1-5-6(3-18)8(19)2-7(5)17-4-14-9-10(17)15-12(13)16-11(9)20;/h5-14,18,22-24,28H,1,15-17H2,2-4H3,(H,33,34,35,37);4,6-8,18-19H,1-3H2,(H3,13,15,16,20);1H2/t22-,23-,24-,28?;6-,7-,8-;/m00./s1. The van der Waals surface area contributed by atoms with Crippen LogP contribution in [0.25, 0.3) is 22.3 Å². The molecule has 2 aromatic carbocycles. The summed E-state index contributed by atoms with van der Waals surface area (Å²) in [5.41, 5.74) is 9.62. The molecule has 2 aliphatic carbocycles. The summed E-state index contributed by atoms with van der Waals surface area (Å²) in [7, 11) is 0. The number of nitrogen functional groups attached to an aromatic ring is 1. The van der Waals surface area contributed by atoms with Gasteiger partial charge in [-0.3, -0.25) is 15.1 Å². The number of hydrogen-bond acceptors (Lipinski definition) is 14. The molecule has 326 valence electrons. The van der Waals surface area contributed by atoms with Gasteiger partial charge in [0.2, 0.25) is 17.8 Å². The number of amides is 1. The molecule has 0 bridgehead atoms. The number of H-pyrrole nitrogens is 1. The van der Waals surface area contributed by atoms with Gasteiger partial charge in [-0.1, -0.05) is 73.8 Å². The average molecular weight is 851 g/mol. The molecule has 1 aliphatic heterocycles. The number of carbonyl (C=O) groups excluding carboxylic acids is 1. The lowest BCUT2D eigenvalue weighted by Gasteiger charge is -2.33. The third-order valence-electron chi connectivity index (χ3n) is 11.0. The Bertz CT molecular complexity index is 2630. The highest BCUT2D eigenvalue weighted by atomic mass is 16.7. The van der Waals surface area contributed by atoms with Crippen LogP contribution in [0.3, 0.4) is 0 Å². The van der Waals surface area contributed by atoms with Gasteiger partial charge in [-0.15, -0.1) is 0 Å². The highest BCUT2D eigenvalue weighted by Gasteiger charge is 2.45. The van der Waals surface area contributed by atoms with Crippen LogP contribution in [0.1, 0.15) is 63.1 Å². The first-order valence-corrected chi connectivity index (χ1v) is 19.9. The molecule has 62 heavy (non-hydrogen) atoms. The summed E-state index contributed by atoms with van der Waals surface area (Å²) in [6.07, 6.45) is 2.45. The zero-order valence-electron chi connectivity index (χ0n) is 34.5. The molecule has 1 saturated heterocycles. The maximum absolute atomic E-state index is 12.6. The molecule has 8 N–H and O–H groups in total. The van der Waals surface area contributed by atoms with E-state index < -0.39 is 29.6 Å². The SMILES string of the molecule is C=C1[C@@H]2COC(c3ccccc3)O[C@H]2C[C@@H]1n1cnc2c(OCc3ccccc3)nc(NC(=O)OC(C)(C)C)nc21.C=C1[C@H](CO)[C@@H](O)C[C@@H]1n1cnc2c(=O)[nH]c(N)nc21.O. The third-order valence-corrected chi connectivity index (χ3v) is 11.0. The summed E-state index contributed by atoms with van der Waals surface area (Å²) >= 11 is 0. The van der Waals surface area contributed by atoms with Crippen molar-refractivity contribution in [1.82, 2.24) is 39.0 Å². The number of aromatic nitrogens is 8. The Hall–Kier alpha value is -6.51. The number of hydrogen-bond donors (Lipinski definition) is 5. The average Bonchev–Trinajstić information content (AvgIpc) is 4.00. The van der Waals surface area contributed by atoms with Crippen LogP contribution in [0.4, 0.5) is 16.7 Å². The number of nitrogens with zero attached hydrogens (tertiary/aromatic N) is 7. The summed E-state index contributed by atoms with van der Waals surface area (Å²) < 4.78 is 27.6. The molecule has 3 aliphatic rings. The van der Waals surface area contributed by atoms with Crippen LogP contribution in [0.15, 0.2) is 102 Å². The lowest BCUT2D eigenvalue weighted by Crippen LogP contribution is -2.32. The van der Waals surface area contributed by atoms with Gasteiger partial charge in [0.05, 0.1) is 50.2 Å². The van der Waals surface area contributed by atoms with Gasteiger partial charge in [0, 0.05) is 17.4 Å². The predicted octanol–water partition coefficient (Wildman–Crippen LogP) is 4.33. The van der Waals surface area contributed by atoms with E-state index in [-0.39, 0.29) is 72.0 Å². The molecule has 0 radical (unpaired) electrons. The molecule has 3 fully saturated rings. The second-order valence-corrected chi connectivity index (χ2v) is 16.2. The highest BCUT2D eigenvalue weighted by Crippen LogP contribution is 2.47. The molecule has 5 heterocycles. The van der Waals surface area contributed by atoms with Crippen molar-refractivity contribution in [2.75, 3.05) is 24.3 Å². The minimum absolute atomic E-state index is 0. The van der Waals surface area contributed by atoms with Crippen LogP contribution < -0.4 is 21.3 Å². The van der Waals surface area contributed by atoms with Crippen LogP contribution in [0.5, 0.6) is 5.88 Å². The topological polar surface area (TPSA) is 271 Å². The smallest absolute Gasteiger partial charge is 0.414 e. The zero-order valence-corrected chi connectivity index (χ0v) is 34.5. The summed E-state index contributed by atoms with van der Waals surface area (Å²) in [5.74, 6) is -0.0222. The Labute approximate surface area is 355 Å². The van der Waals surface area contributed by atoms with Crippen LogP contribution in [-0.4, -0.2) is 91.8 Å². The number of anilines is 2. The largest absolute Gasteiger partial charge is 0.471 e. The number of nitrogens with two attached hydrogens (primary N) is 1. The Morgan fingerprint density at radius 2 is 1.60 bits per heavy atom. The number of aliphatic hydroxyl groups excluding tert-OH is 2. The Balaban J connectivity index is 0.000000231. The number of aliphatic hydroxyl groups is 2. The Morgan fingerprint density at radius 1 is 0.952 bits per heavy atom. The monoisotopic (exact) mass is 850 g/mol. The molecule has 6 aromatic rings. The van der Waals surface area contributed by atoms with Gasteiger partial charge in [-0.2, -0.15) is 15.0 Å². The Morgan fingerprint density at radius 3 is 2.26 bits per heavy atom. The number of nitrogens with one attached hydrogen (secondary N) is 2. The first-order valence-electron chi connectivity index (χ1n) is 19.9. The maximum Gasteiger partial charge on any atom is 0.414 e. The van der Waals surface area contributed by atoms with E-state index in [0.29, 0.717) is 41.8 Å². The summed E-state index contributed by atoms with van der Waals surface area (Å²) in [6.45, 7) is 14.3. The number of aromatic amines is 1. The molecule has 1 amide bonds. The number of fused-ring (bicyclic) bond motifs is 3. The van der Waals surface area contributed by atoms with E-state index in [1.54, 1.807) is 31.7 Å². The van der Waals surface area contributed by atoms with Gasteiger partial charge in [-0.25, -0.2) is 14.8 Å². The van der Waals surface area contributed by atoms with Crippen LogP contribution in [0.2, 0.25) is 0 Å². The third kappa shape index (κ3) is 8.93. The second kappa shape index (κ2) is 17.8. The van der Waals surface area contributed by atoms with E-state index in [1.807, 2.05) is 65.2 Å². The van der Waals surface area contributed by atoms with Crippen molar-refractivity contribution < 1.29 is 39.4 Å². The molecule has 2 saturated carbocycles. The van der Waals surface area contributed by atoms with Gasteiger partial charge < -0.3 is 49.5 Å². The quantitative estimate of drug-likeness (QED) is 0.133. The normalized spacial score (nSPS) is 23.3. The first kappa shape index (κ1) is 43.6. The molecule has 4 aromatic heterocycles. The number of carbonyl (C=O) groups is 1. The van der Waals surface area contributed by atoms with Gasteiger partial charge in [-0.05, 0) is 50.3 Å². The summed E-state index contributed by atoms with van der Waals surface area (Å²) in [6, 6.07) is 19.3. The van der Waals surface area contributed by atoms with Crippen molar-refractivity contribution in [3.63, 3.8) is 0 Å². The van der Waals surface area contributed by atoms with Crippen molar-refractivity contribution >= 4 is 40.3 Å². The molecule has 19 heteroatoms. The maximum atomic E-state index is 12.6. The van der Waals surface area contributed by atoms with E-state index in [1.165, 1.54) is 6.33 Å². The molecular weight excluding hydrogens is 801 g/mol. The molecule has 19 nitrogen and oxygen atoms in total. The van der Waals surface area contributed by atoms with Gasteiger partial charge in [0.1, 0.15) is 12.2 Å². The highest BCUT2D eigenvalue weighted by molar-refractivity contribution is 5.85. The van der Waals surface area contributed by atoms with E-state index >= 15 is 0 Å². The van der Waals surface area contributed by atoms with Gasteiger partial charge in [0.25, 0.3) is 5.56 Å². The number of benzene rings is 2. The van der Waals surface area contributed by atoms with Crippen molar-refractivity contribution in [3.05, 3.63) is 119 Å². The van der Waals surface area contributed by atoms with Crippen molar-refractivity contribution in [1.29, 1.82) is 0 Å². The number of imidazole rings is 2. The van der Waals surface area contributed by atoms with E-state index in [2.05, 4.69) is 48.4 Å². The minimum Gasteiger partial charge on any atom is -0.471 e. The predicted molar refractivity (Wildman–Crippen MR) is 228 cm³/mol. The fourth-order valence-electron chi connectivity index (χ4n) is 7.99. The molecule has 9 rings (SSSR count). The van der Waals surface area contributed by atoms with Crippen molar-refractivity contribution in [2.45, 2.75) is 76.4 Å².